The van der Waals surface area contributed by atoms with Crippen LogP contribution in [0.3, 0.4) is 0 Å². The highest BCUT2D eigenvalue weighted by Gasteiger charge is 2.23. The highest BCUT2D eigenvalue weighted by atomic mass is 32.2. The van der Waals surface area contributed by atoms with Gasteiger partial charge in [-0.25, -0.2) is 0 Å². The minimum Gasteiger partial charge on any atom is -0.382 e. The number of aromatic nitrogens is 2. The van der Waals surface area contributed by atoms with Crippen LogP contribution in [0.4, 0.5) is 5.69 Å². The average molecular weight is 268 g/mol. The molecule has 2 rings (SSSR count). The van der Waals surface area contributed by atoms with E-state index >= 15 is 0 Å². The number of anilines is 1. The summed E-state index contributed by atoms with van der Waals surface area (Å²) >= 11 is 1.85. The molecule has 0 aromatic carbocycles. The highest BCUT2D eigenvalue weighted by molar-refractivity contribution is 7.98. The van der Waals surface area contributed by atoms with Crippen LogP contribution in [-0.4, -0.2) is 40.3 Å². The summed E-state index contributed by atoms with van der Waals surface area (Å²) in [7, 11) is 0. The number of thioether (sulfide) groups is 1. The Hall–Kier alpha value is -1.17. The molecule has 5 nitrogen and oxygen atoms in total. The van der Waals surface area contributed by atoms with Gasteiger partial charge < -0.3 is 10.6 Å². The lowest BCUT2D eigenvalue weighted by Gasteiger charge is -2.03. The minimum absolute atomic E-state index is 0.0505. The molecule has 0 bridgehead atoms. The van der Waals surface area contributed by atoms with E-state index in [0.717, 1.165) is 37.2 Å². The van der Waals surface area contributed by atoms with E-state index in [9.17, 15) is 4.79 Å². The molecule has 6 heteroatoms. The number of amides is 1. The van der Waals surface area contributed by atoms with Crippen LogP contribution in [-0.2, 0) is 11.3 Å². The molecule has 1 aliphatic carbocycles. The van der Waals surface area contributed by atoms with E-state index in [-0.39, 0.29) is 5.91 Å². The summed E-state index contributed by atoms with van der Waals surface area (Å²) in [5.41, 5.74) is 0.982. The number of nitrogens with one attached hydrogen (secondary N) is 2. The van der Waals surface area contributed by atoms with E-state index in [0.29, 0.717) is 12.6 Å². The molecule has 1 amide bonds. The third-order valence-electron chi connectivity index (χ3n) is 2.74. The SMILES string of the molecule is CSCCCNc1cnn(CC(=O)NC2CC2)c1. The number of rotatable bonds is 8. The van der Waals surface area contributed by atoms with Gasteiger partial charge in [-0.05, 0) is 31.3 Å². The van der Waals surface area contributed by atoms with Gasteiger partial charge in [-0.2, -0.15) is 16.9 Å². The molecule has 100 valence electrons. The van der Waals surface area contributed by atoms with Crippen LogP contribution >= 0.6 is 11.8 Å². The Morgan fingerprint density at radius 2 is 2.44 bits per heavy atom. The number of carbonyl (C=O) groups is 1. The molecule has 1 aromatic rings. The summed E-state index contributed by atoms with van der Waals surface area (Å²) < 4.78 is 1.68. The predicted octanol–water partition coefficient (Wildman–Crippen LogP) is 1.33. The zero-order valence-electron chi connectivity index (χ0n) is 10.7. The van der Waals surface area contributed by atoms with Crippen molar-refractivity contribution in [3.05, 3.63) is 12.4 Å². The molecule has 1 fully saturated rings. The molecule has 0 saturated heterocycles. The van der Waals surface area contributed by atoms with Crippen molar-refractivity contribution in [3.63, 3.8) is 0 Å². The Bertz CT molecular complexity index is 389. The first-order valence-electron chi connectivity index (χ1n) is 6.32. The molecule has 2 N–H and O–H groups in total. The van der Waals surface area contributed by atoms with Crippen molar-refractivity contribution in [2.75, 3.05) is 23.9 Å². The molecule has 1 heterocycles. The van der Waals surface area contributed by atoms with Gasteiger partial charge in [0.1, 0.15) is 6.54 Å². The van der Waals surface area contributed by atoms with Gasteiger partial charge in [-0.15, -0.1) is 0 Å². The smallest absolute Gasteiger partial charge is 0.241 e. The van der Waals surface area contributed by atoms with Crippen LogP contribution in [0.5, 0.6) is 0 Å². The highest BCUT2D eigenvalue weighted by Crippen LogP contribution is 2.18. The normalized spacial score (nSPS) is 14.5. The molecule has 1 saturated carbocycles. The molecule has 18 heavy (non-hydrogen) atoms. The largest absolute Gasteiger partial charge is 0.382 e. The van der Waals surface area contributed by atoms with E-state index in [1.54, 1.807) is 10.9 Å². The number of hydrogen-bond acceptors (Lipinski definition) is 4. The van der Waals surface area contributed by atoms with Crippen molar-refractivity contribution in [1.29, 1.82) is 0 Å². The van der Waals surface area contributed by atoms with E-state index in [4.69, 9.17) is 0 Å². The first kappa shape index (κ1) is 13.3. The Labute approximate surface area is 112 Å². The van der Waals surface area contributed by atoms with Crippen molar-refractivity contribution < 1.29 is 4.79 Å². The quantitative estimate of drug-likeness (QED) is 0.698. The van der Waals surface area contributed by atoms with Crippen LogP contribution in [0.1, 0.15) is 19.3 Å². The van der Waals surface area contributed by atoms with Gasteiger partial charge in [-0.1, -0.05) is 0 Å². The van der Waals surface area contributed by atoms with E-state index in [2.05, 4.69) is 22.0 Å². The van der Waals surface area contributed by atoms with Crippen molar-refractivity contribution in [2.45, 2.75) is 31.8 Å². The Balaban J connectivity index is 1.69. The summed E-state index contributed by atoms with van der Waals surface area (Å²) in [6.45, 7) is 1.25. The molecule has 0 atom stereocenters. The molecule has 0 radical (unpaired) electrons. The number of carbonyl (C=O) groups excluding carboxylic acids is 1. The Kier molecular flexibility index (Phi) is 4.92. The van der Waals surface area contributed by atoms with Gasteiger partial charge in [0.05, 0.1) is 11.9 Å². The lowest BCUT2D eigenvalue weighted by atomic mass is 10.4. The summed E-state index contributed by atoms with van der Waals surface area (Å²) in [6.07, 6.45) is 9.13. The van der Waals surface area contributed by atoms with E-state index in [1.807, 2.05) is 18.0 Å². The fraction of sp³-hybridized carbons (Fsp3) is 0.667. The minimum atomic E-state index is 0.0505. The third kappa shape index (κ3) is 4.60. The summed E-state index contributed by atoms with van der Waals surface area (Å²) in [6, 6.07) is 0.414. The topological polar surface area (TPSA) is 59.0 Å². The van der Waals surface area contributed by atoms with Crippen LogP contribution in [0.15, 0.2) is 12.4 Å². The van der Waals surface area contributed by atoms with Gasteiger partial charge >= 0.3 is 0 Å². The summed E-state index contributed by atoms with van der Waals surface area (Å²) in [4.78, 5) is 11.6. The second-order valence-electron chi connectivity index (χ2n) is 4.54. The second-order valence-corrected chi connectivity index (χ2v) is 5.53. The molecule has 1 aromatic heterocycles. The zero-order chi connectivity index (χ0) is 12.8. The van der Waals surface area contributed by atoms with Crippen molar-refractivity contribution in [1.82, 2.24) is 15.1 Å². The van der Waals surface area contributed by atoms with E-state index < -0.39 is 0 Å². The molecule has 0 unspecified atom stereocenters. The van der Waals surface area contributed by atoms with Crippen LogP contribution in [0, 0.1) is 0 Å². The lowest BCUT2D eigenvalue weighted by Crippen LogP contribution is -2.29. The van der Waals surface area contributed by atoms with Crippen LogP contribution in [0.25, 0.3) is 0 Å². The van der Waals surface area contributed by atoms with Gasteiger partial charge in [-0.3, -0.25) is 9.48 Å². The van der Waals surface area contributed by atoms with Gasteiger partial charge in [0.2, 0.25) is 5.91 Å². The zero-order valence-corrected chi connectivity index (χ0v) is 11.5. The number of nitrogens with zero attached hydrogens (tertiary/aromatic N) is 2. The lowest BCUT2D eigenvalue weighted by molar-refractivity contribution is -0.122. The Morgan fingerprint density at radius 1 is 1.61 bits per heavy atom. The maximum absolute atomic E-state index is 11.6. The summed E-state index contributed by atoms with van der Waals surface area (Å²) in [5.74, 6) is 1.21. The molecular formula is C12H20N4OS. The monoisotopic (exact) mass is 268 g/mol. The van der Waals surface area contributed by atoms with E-state index in [1.165, 1.54) is 0 Å². The predicted molar refractivity (Wildman–Crippen MR) is 74.9 cm³/mol. The standard InChI is InChI=1S/C12H20N4OS/c1-18-6-2-5-13-11-7-14-16(8-11)9-12(17)15-10-3-4-10/h7-8,10,13H,2-6,9H2,1H3,(H,15,17). The molecule has 0 aliphatic heterocycles. The fourth-order valence-corrected chi connectivity index (χ4v) is 2.07. The van der Waals surface area contributed by atoms with Gasteiger partial charge in [0, 0.05) is 18.8 Å². The maximum Gasteiger partial charge on any atom is 0.241 e. The average Bonchev–Trinajstić information content (AvgIpc) is 3.04. The van der Waals surface area contributed by atoms with Gasteiger partial charge in [0.15, 0.2) is 0 Å². The molecule has 0 spiro atoms. The maximum atomic E-state index is 11.6. The van der Waals surface area contributed by atoms with Crippen molar-refractivity contribution in [2.24, 2.45) is 0 Å². The third-order valence-corrected chi connectivity index (χ3v) is 3.43. The summed E-state index contributed by atoms with van der Waals surface area (Å²) in [5, 5.41) is 10.4. The first-order valence-corrected chi connectivity index (χ1v) is 7.72. The molecular weight excluding hydrogens is 248 g/mol. The fourth-order valence-electron chi connectivity index (χ4n) is 1.64. The van der Waals surface area contributed by atoms with Crippen molar-refractivity contribution in [3.8, 4) is 0 Å². The molecule has 1 aliphatic rings. The Morgan fingerprint density at radius 3 is 3.17 bits per heavy atom. The number of hydrogen-bond donors (Lipinski definition) is 2. The van der Waals surface area contributed by atoms with Gasteiger partial charge in [0.25, 0.3) is 0 Å². The van der Waals surface area contributed by atoms with Crippen LogP contribution in [0.2, 0.25) is 0 Å². The van der Waals surface area contributed by atoms with Crippen LogP contribution < -0.4 is 10.6 Å². The van der Waals surface area contributed by atoms with Crippen molar-refractivity contribution >= 4 is 23.4 Å². The first-order chi connectivity index (χ1) is 8.78. The second kappa shape index (κ2) is 6.68.